The molecule has 0 spiro atoms. The summed E-state index contributed by atoms with van der Waals surface area (Å²) in [7, 11) is 0. The molecule has 4 heterocycles. The largest absolute Gasteiger partial charge is 0.393 e. The molecule has 2 saturated heterocycles. The van der Waals surface area contributed by atoms with Crippen molar-refractivity contribution in [2.75, 3.05) is 29.9 Å². The molecule has 2 aliphatic rings. The van der Waals surface area contributed by atoms with Gasteiger partial charge in [-0.15, -0.1) is 0 Å². The van der Waals surface area contributed by atoms with E-state index in [0.717, 1.165) is 5.39 Å². The Morgan fingerprint density at radius 2 is 1.86 bits per heavy atom. The number of likely N-dealkylation sites (tertiary alicyclic amines) is 1. The third-order valence-electron chi connectivity index (χ3n) is 6.71. The third-order valence-corrected chi connectivity index (χ3v) is 7.15. The summed E-state index contributed by atoms with van der Waals surface area (Å²) in [5, 5.41) is 4.66. The molecule has 3 atom stereocenters. The molecule has 2 aliphatic heterocycles. The Bertz CT molecular complexity index is 1220. The topological polar surface area (TPSA) is 77.2 Å². The van der Waals surface area contributed by atoms with Crippen molar-refractivity contribution in [1.29, 1.82) is 0 Å². The highest BCUT2D eigenvalue weighted by Crippen LogP contribution is 2.39. The minimum atomic E-state index is -4.42. The number of H-pyrrole nitrogens is 1. The second-order valence-electron chi connectivity index (χ2n) is 8.92. The number of hydrogen-bond acceptors (Lipinski definition) is 5. The molecule has 1 unspecified atom stereocenters. The first-order valence-corrected chi connectivity index (χ1v) is 12.1. The lowest BCUT2D eigenvalue weighted by molar-refractivity contribution is -0.197. The minimum absolute atomic E-state index is 0.0307. The van der Waals surface area contributed by atoms with Crippen molar-refractivity contribution in [2.24, 2.45) is 5.92 Å². The summed E-state index contributed by atoms with van der Waals surface area (Å²) in [5.74, 6) is -1.41. The van der Waals surface area contributed by atoms with Crippen LogP contribution in [0.2, 0.25) is 10.0 Å². The predicted molar refractivity (Wildman–Crippen MR) is 129 cm³/mol. The molecule has 2 fully saturated rings. The number of aromatic nitrogens is 3. The van der Waals surface area contributed by atoms with Crippen molar-refractivity contribution in [3.05, 3.63) is 46.8 Å². The Kier molecular flexibility index (Phi) is 6.43. The number of nitrogens with one attached hydrogen (secondary N) is 2. The number of amides is 1. The summed E-state index contributed by atoms with van der Waals surface area (Å²) in [6.45, 7) is 0.480. The van der Waals surface area contributed by atoms with Crippen molar-refractivity contribution in [3.8, 4) is 0 Å². The Balaban J connectivity index is 1.42. The normalized spacial score (nSPS) is 23.7. The van der Waals surface area contributed by atoms with E-state index in [0.29, 0.717) is 40.0 Å². The van der Waals surface area contributed by atoms with Gasteiger partial charge >= 0.3 is 6.18 Å². The lowest BCUT2D eigenvalue weighted by Crippen LogP contribution is -2.62. The number of carbonyl (C=O) groups is 1. The molecule has 7 nitrogen and oxygen atoms in total. The summed E-state index contributed by atoms with van der Waals surface area (Å²) in [6, 6.07) is 4.95. The monoisotopic (exact) mass is 526 g/mol. The van der Waals surface area contributed by atoms with Gasteiger partial charge in [-0.2, -0.15) is 13.2 Å². The van der Waals surface area contributed by atoms with Gasteiger partial charge in [-0.25, -0.2) is 9.97 Å². The second kappa shape index (κ2) is 9.39. The summed E-state index contributed by atoms with van der Waals surface area (Å²) >= 11 is 12.1. The SMILES string of the molecule is O=C1C(Nc2cc(Cl)cc(Cl)c2)CCCN1[C@H]1CN(c2ncnc3[nH]ccc23)CC[C@@H]1C(F)(F)F. The van der Waals surface area contributed by atoms with Crippen LogP contribution in [0.3, 0.4) is 0 Å². The zero-order valence-electron chi connectivity index (χ0n) is 18.5. The summed E-state index contributed by atoms with van der Waals surface area (Å²) in [6.07, 6.45) is -0.365. The van der Waals surface area contributed by atoms with Crippen LogP contribution in [0.4, 0.5) is 24.7 Å². The van der Waals surface area contributed by atoms with E-state index in [4.69, 9.17) is 23.2 Å². The van der Waals surface area contributed by atoms with Gasteiger partial charge in [0.2, 0.25) is 5.91 Å². The van der Waals surface area contributed by atoms with Crippen molar-refractivity contribution in [3.63, 3.8) is 0 Å². The molecule has 2 aromatic heterocycles. The molecule has 1 amide bonds. The van der Waals surface area contributed by atoms with Gasteiger partial charge in [0.25, 0.3) is 0 Å². The maximum Gasteiger partial charge on any atom is 0.393 e. The van der Waals surface area contributed by atoms with Gasteiger partial charge in [-0.1, -0.05) is 23.2 Å². The van der Waals surface area contributed by atoms with E-state index >= 15 is 0 Å². The quantitative estimate of drug-likeness (QED) is 0.493. The second-order valence-corrected chi connectivity index (χ2v) is 9.79. The maximum atomic E-state index is 14.1. The van der Waals surface area contributed by atoms with Gasteiger partial charge in [0.15, 0.2) is 0 Å². The van der Waals surface area contributed by atoms with E-state index in [1.807, 2.05) is 4.90 Å². The number of rotatable bonds is 4. The van der Waals surface area contributed by atoms with Crippen molar-refractivity contribution >= 4 is 51.6 Å². The van der Waals surface area contributed by atoms with Crippen LogP contribution in [0.25, 0.3) is 11.0 Å². The van der Waals surface area contributed by atoms with E-state index in [-0.39, 0.29) is 32.0 Å². The van der Waals surface area contributed by atoms with E-state index in [2.05, 4.69) is 20.3 Å². The average Bonchev–Trinajstić information content (AvgIpc) is 3.28. The van der Waals surface area contributed by atoms with Gasteiger partial charge in [0, 0.05) is 41.6 Å². The minimum Gasteiger partial charge on any atom is -0.374 e. The first-order chi connectivity index (χ1) is 16.7. The summed E-state index contributed by atoms with van der Waals surface area (Å²) in [5.41, 5.74) is 1.17. The number of alkyl halides is 3. The molecule has 0 radical (unpaired) electrons. The molecule has 3 aromatic rings. The van der Waals surface area contributed by atoms with E-state index in [9.17, 15) is 18.0 Å². The number of piperidine rings is 2. The smallest absolute Gasteiger partial charge is 0.374 e. The highest BCUT2D eigenvalue weighted by molar-refractivity contribution is 6.35. The van der Waals surface area contributed by atoms with Crippen molar-refractivity contribution in [1.82, 2.24) is 19.9 Å². The number of fused-ring (bicyclic) bond motifs is 1. The molecular weight excluding hydrogens is 504 g/mol. The maximum absolute atomic E-state index is 14.1. The fourth-order valence-electron chi connectivity index (χ4n) is 5.13. The molecule has 35 heavy (non-hydrogen) atoms. The lowest BCUT2D eigenvalue weighted by atomic mass is 9.87. The molecule has 186 valence electrons. The molecule has 0 bridgehead atoms. The van der Waals surface area contributed by atoms with Crippen LogP contribution in [0.1, 0.15) is 19.3 Å². The standard InChI is InChI=1S/C23H23Cl2F3N6O/c24-13-8-14(25)10-15(9-13)32-18-2-1-6-34(22(18)35)19-11-33(7-4-17(19)23(26,27)28)21-16-3-5-29-20(16)30-12-31-21/h3,5,8-10,12,17-19,32H,1-2,4,6-7,11H2,(H,29,30,31)/t17-,18?,19-/m0/s1. The number of aromatic amines is 1. The number of benzene rings is 1. The van der Waals surface area contributed by atoms with Crippen LogP contribution in [0, 0.1) is 5.92 Å². The van der Waals surface area contributed by atoms with E-state index < -0.39 is 24.2 Å². The van der Waals surface area contributed by atoms with Crippen LogP contribution in [-0.4, -0.2) is 63.7 Å². The number of anilines is 2. The first-order valence-electron chi connectivity index (χ1n) is 11.3. The number of nitrogens with zero attached hydrogens (tertiary/aromatic N) is 4. The Labute approximate surface area is 209 Å². The van der Waals surface area contributed by atoms with Gasteiger partial charge in [0.1, 0.15) is 23.8 Å². The van der Waals surface area contributed by atoms with Crippen LogP contribution in [-0.2, 0) is 4.79 Å². The third kappa shape index (κ3) is 4.86. The van der Waals surface area contributed by atoms with Crippen LogP contribution >= 0.6 is 23.2 Å². The number of halogens is 5. The number of carbonyl (C=O) groups excluding carboxylic acids is 1. The zero-order chi connectivity index (χ0) is 24.7. The predicted octanol–water partition coefficient (Wildman–Crippen LogP) is 5.13. The Hall–Kier alpha value is -2.72. The lowest BCUT2D eigenvalue weighted by Gasteiger charge is -2.47. The molecule has 5 rings (SSSR count). The van der Waals surface area contributed by atoms with E-state index in [1.54, 1.807) is 30.5 Å². The van der Waals surface area contributed by atoms with Gasteiger partial charge in [0.05, 0.1) is 17.3 Å². The highest BCUT2D eigenvalue weighted by Gasteiger charge is 2.51. The molecular formula is C23H23Cl2F3N6O. The fraction of sp³-hybridized carbons (Fsp3) is 0.435. The van der Waals surface area contributed by atoms with Crippen molar-refractivity contribution in [2.45, 2.75) is 37.5 Å². The Morgan fingerprint density at radius 3 is 2.60 bits per heavy atom. The van der Waals surface area contributed by atoms with E-state index in [1.165, 1.54) is 11.2 Å². The summed E-state index contributed by atoms with van der Waals surface area (Å²) in [4.78, 5) is 28.2. The number of hydrogen-bond donors (Lipinski definition) is 2. The van der Waals surface area contributed by atoms with Crippen molar-refractivity contribution < 1.29 is 18.0 Å². The van der Waals surface area contributed by atoms with Crippen LogP contribution in [0.15, 0.2) is 36.8 Å². The van der Waals surface area contributed by atoms with Gasteiger partial charge < -0.3 is 20.1 Å². The zero-order valence-corrected chi connectivity index (χ0v) is 20.0. The van der Waals surface area contributed by atoms with Crippen LogP contribution < -0.4 is 10.2 Å². The highest BCUT2D eigenvalue weighted by atomic mass is 35.5. The first kappa shape index (κ1) is 24.0. The molecule has 12 heteroatoms. The fourth-order valence-corrected chi connectivity index (χ4v) is 5.66. The summed E-state index contributed by atoms with van der Waals surface area (Å²) < 4.78 is 42.3. The van der Waals surface area contributed by atoms with Crippen LogP contribution in [0.5, 0.6) is 0 Å². The molecule has 2 N–H and O–H groups in total. The molecule has 0 saturated carbocycles. The van der Waals surface area contributed by atoms with Gasteiger partial charge in [-0.3, -0.25) is 4.79 Å². The Morgan fingerprint density at radius 1 is 1.09 bits per heavy atom. The molecule has 1 aromatic carbocycles. The van der Waals surface area contributed by atoms with Gasteiger partial charge in [-0.05, 0) is 43.5 Å². The molecule has 0 aliphatic carbocycles. The average molecular weight is 527 g/mol.